The van der Waals surface area contributed by atoms with Crippen LogP contribution < -0.4 is 4.74 Å². The van der Waals surface area contributed by atoms with E-state index in [4.69, 9.17) is 4.74 Å². The van der Waals surface area contributed by atoms with Crippen LogP contribution in [0.15, 0.2) is 47.1 Å². The average molecular weight is 348 g/mol. The lowest BCUT2D eigenvalue weighted by molar-refractivity contribution is -0.385. The highest BCUT2D eigenvalue weighted by atomic mass is 79.9. The van der Waals surface area contributed by atoms with Crippen LogP contribution in [0.3, 0.4) is 0 Å². The van der Waals surface area contributed by atoms with Gasteiger partial charge in [0.15, 0.2) is 0 Å². The predicted octanol–water partition coefficient (Wildman–Crippen LogP) is 4.04. The molecule has 0 fully saturated rings. The van der Waals surface area contributed by atoms with Crippen molar-refractivity contribution < 1.29 is 9.66 Å². The first-order valence-corrected chi connectivity index (χ1v) is 6.88. The molecule has 0 atom stereocenters. The second-order valence-corrected chi connectivity index (χ2v) is 5.24. The Morgan fingerprint density at radius 3 is 2.81 bits per heavy atom. The SMILES string of the molecule is Cn1cc([N+](=O)[O-])c(Oc2ccc3ccccc3c2Br)n1. The molecule has 0 aliphatic carbocycles. The fourth-order valence-corrected chi connectivity index (χ4v) is 2.62. The van der Waals surface area contributed by atoms with Gasteiger partial charge in [-0.25, -0.2) is 0 Å². The zero-order valence-electron chi connectivity index (χ0n) is 11.0. The zero-order valence-corrected chi connectivity index (χ0v) is 12.6. The quantitative estimate of drug-likeness (QED) is 0.529. The second-order valence-electron chi connectivity index (χ2n) is 4.45. The summed E-state index contributed by atoms with van der Waals surface area (Å²) >= 11 is 3.48. The summed E-state index contributed by atoms with van der Waals surface area (Å²) in [6.45, 7) is 0. The molecular formula is C14H10BrN3O3. The number of fused-ring (bicyclic) bond motifs is 1. The van der Waals surface area contributed by atoms with E-state index < -0.39 is 4.92 Å². The van der Waals surface area contributed by atoms with E-state index in [1.54, 1.807) is 13.1 Å². The van der Waals surface area contributed by atoms with Gasteiger partial charge in [-0.15, -0.1) is 5.10 Å². The van der Waals surface area contributed by atoms with Crippen molar-refractivity contribution in [3.05, 3.63) is 57.2 Å². The normalized spacial score (nSPS) is 10.8. The number of hydrogen-bond donors (Lipinski definition) is 0. The molecule has 21 heavy (non-hydrogen) atoms. The van der Waals surface area contributed by atoms with Crippen LogP contribution in [0.1, 0.15) is 0 Å². The number of nitro groups is 1. The van der Waals surface area contributed by atoms with E-state index in [1.165, 1.54) is 10.9 Å². The van der Waals surface area contributed by atoms with E-state index in [-0.39, 0.29) is 11.6 Å². The topological polar surface area (TPSA) is 70.2 Å². The molecule has 0 spiro atoms. The highest BCUT2D eigenvalue weighted by Crippen LogP contribution is 2.37. The number of rotatable bonds is 3. The molecule has 0 bridgehead atoms. The summed E-state index contributed by atoms with van der Waals surface area (Å²) in [4.78, 5) is 10.5. The van der Waals surface area contributed by atoms with Gasteiger partial charge in [-0.05, 0) is 32.8 Å². The maximum Gasteiger partial charge on any atom is 0.350 e. The van der Waals surface area contributed by atoms with Crippen LogP contribution >= 0.6 is 15.9 Å². The molecule has 3 rings (SSSR count). The highest BCUT2D eigenvalue weighted by molar-refractivity contribution is 9.10. The fourth-order valence-electron chi connectivity index (χ4n) is 2.05. The van der Waals surface area contributed by atoms with Gasteiger partial charge in [0.1, 0.15) is 11.9 Å². The first-order valence-electron chi connectivity index (χ1n) is 6.09. The van der Waals surface area contributed by atoms with Gasteiger partial charge >= 0.3 is 11.6 Å². The van der Waals surface area contributed by atoms with Crippen LogP contribution in [0.2, 0.25) is 0 Å². The summed E-state index contributed by atoms with van der Waals surface area (Å²) in [6, 6.07) is 11.4. The van der Waals surface area contributed by atoms with Gasteiger partial charge in [-0.2, -0.15) is 0 Å². The molecule has 0 unspecified atom stereocenters. The van der Waals surface area contributed by atoms with E-state index in [1.807, 2.05) is 30.3 Å². The van der Waals surface area contributed by atoms with Gasteiger partial charge in [-0.1, -0.05) is 30.3 Å². The summed E-state index contributed by atoms with van der Waals surface area (Å²) in [7, 11) is 1.61. The van der Waals surface area contributed by atoms with Crippen molar-refractivity contribution in [2.75, 3.05) is 0 Å². The average Bonchev–Trinajstić information content (AvgIpc) is 2.83. The number of aromatic nitrogens is 2. The van der Waals surface area contributed by atoms with Gasteiger partial charge in [0.05, 0.1) is 9.40 Å². The van der Waals surface area contributed by atoms with Gasteiger partial charge in [0.25, 0.3) is 0 Å². The van der Waals surface area contributed by atoms with Crippen LogP contribution in [0.5, 0.6) is 11.6 Å². The summed E-state index contributed by atoms with van der Waals surface area (Å²) in [5.41, 5.74) is -0.169. The molecule has 7 heteroatoms. The minimum Gasteiger partial charge on any atom is -0.431 e. The lowest BCUT2D eigenvalue weighted by Crippen LogP contribution is -1.93. The summed E-state index contributed by atoms with van der Waals surface area (Å²) in [5, 5.41) is 17.0. The number of halogens is 1. The molecule has 0 radical (unpaired) electrons. The Morgan fingerprint density at radius 2 is 2.05 bits per heavy atom. The second kappa shape index (κ2) is 5.17. The maximum atomic E-state index is 11.0. The Bertz CT molecular complexity index is 845. The number of ether oxygens (including phenoxy) is 1. The molecule has 0 N–H and O–H groups in total. The van der Waals surface area contributed by atoms with E-state index in [0.29, 0.717) is 5.75 Å². The maximum absolute atomic E-state index is 11.0. The Kier molecular flexibility index (Phi) is 3.34. The van der Waals surface area contributed by atoms with E-state index in [9.17, 15) is 10.1 Å². The fraction of sp³-hybridized carbons (Fsp3) is 0.0714. The molecule has 0 amide bonds. The Balaban J connectivity index is 2.06. The molecule has 6 nitrogen and oxygen atoms in total. The largest absolute Gasteiger partial charge is 0.431 e. The van der Waals surface area contributed by atoms with E-state index in [2.05, 4.69) is 21.0 Å². The summed E-state index contributed by atoms with van der Waals surface area (Å²) < 4.78 is 7.70. The van der Waals surface area contributed by atoms with Crippen molar-refractivity contribution in [1.29, 1.82) is 0 Å². The lowest BCUT2D eigenvalue weighted by atomic mass is 10.1. The summed E-state index contributed by atoms with van der Waals surface area (Å²) in [5.74, 6) is 0.453. The van der Waals surface area contributed by atoms with Gasteiger partial charge in [-0.3, -0.25) is 14.8 Å². The zero-order chi connectivity index (χ0) is 15.0. The van der Waals surface area contributed by atoms with Gasteiger partial charge in [0, 0.05) is 7.05 Å². The van der Waals surface area contributed by atoms with Crippen molar-refractivity contribution >= 4 is 32.4 Å². The third kappa shape index (κ3) is 2.47. The highest BCUT2D eigenvalue weighted by Gasteiger charge is 2.21. The monoisotopic (exact) mass is 347 g/mol. The van der Waals surface area contributed by atoms with Crippen molar-refractivity contribution in [2.24, 2.45) is 7.05 Å². The Hall–Kier alpha value is -2.41. The molecular weight excluding hydrogens is 338 g/mol. The third-order valence-corrected chi connectivity index (χ3v) is 3.83. The molecule has 0 saturated carbocycles. The predicted molar refractivity (Wildman–Crippen MR) is 81.6 cm³/mol. The van der Waals surface area contributed by atoms with Crippen molar-refractivity contribution in [3.8, 4) is 11.6 Å². The van der Waals surface area contributed by atoms with Crippen LogP contribution in [0.25, 0.3) is 10.8 Å². The van der Waals surface area contributed by atoms with Crippen molar-refractivity contribution in [3.63, 3.8) is 0 Å². The van der Waals surface area contributed by atoms with Crippen LogP contribution in [0.4, 0.5) is 5.69 Å². The first-order chi connectivity index (χ1) is 10.1. The number of benzene rings is 2. The van der Waals surface area contributed by atoms with Crippen LogP contribution in [-0.2, 0) is 7.05 Å². The van der Waals surface area contributed by atoms with Crippen LogP contribution in [0, 0.1) is 10.1 Å². The number of nitrogens with zero attached hydrogens (tertiary/aromatic N) is 3. The molecule has 0 aliphatic heterocycles. The van der Waals surface area contributed by atoms with E-state index >= 15 is 0 Å². The third-order valence-electron chi connectivity index (χ3n) is 3.01. The smallest absolute Gasteiger partial charge is 0.350 e. The molecule has 0 aliphatic rings. The minimum absolute atomic E-state index is 0.0292. The van der Waals surface area contributed by atoms with Gasteiger partial charge < -0.3 is 4.74 Å². The molecule has 106 valence electrons. The first kappa shape index (κ1) is 13.6. The molecule has 3 aromatic rings. The Morgan fingerprint density at radius 1 is 1.29 bits per heavy atom. The van der Waals surface area contributed by atoms with Crippen molar-refractivity contribution in [1.82, 2.24) is 9.78 Å². The number of aryl methyl sites for hydroxylation is 1. The molecule has 2 aromatic carbocycles. The number of hydrogen-bond acceptors (Lipinski definition) is 4. The molecule has 1 heterocycles. The summed E-state index contributed by atoms with van der Waals surface area (Å²) in [6.07, 6.45) is 1.31. The van der Waals surface area contributed by atoms with E-state index in [0.717, 1.165) is 15.2 Å². The Labute approximate surface area is 128 Å². The lowest BCUT2D eigenvalue weighted by Gasteiger charge is -2.07. The van der Waals surface area contributed by atoms with Crippen LogP contribution in [-0.4, -0.2) is 14.7 Å². The molecule has 1 aromatic heterocycles. The van der Waals surface area contributed by atoms with Crippen molar-refractivity contribution in [2.45, 2.75) is 0 Å². The standard InChI is InChI=1S/C14H10BrN3O3/c1-17-8-11(18(19)20)14(16-17)21-12-7-6-9-4-2-3-5-10(9)13(12)15/h2-8H,1H3. The van der Waals surface area contributed by atoms with Gasteiger partial charge in [0.2, 0.25) is 0 Å². The molecule has 0 saturated heterocycles. The minimum atomic E-state index is -0.517.